The number of fused-ring (bicyclic) bond motifs is 1. The van der Waals surface area contributed by atoms with Crippen molar-refractivity contribution in [2.45, 2.75) is 83.6 Å². The number of hydrogen-bond donors (Lipinski definition) is 0. The molecule has 45 heavy (non-hydrogen) atoms. The number of carbonyl (C=O) groups is 2. The van der Waals surface area contributed by atoms with Gasteiger partial charge in [0.2, 0.25) is 5.91 Å². The minimum atomic E-state index is -0.636. The van der Waals surface area contributed by atoms with Gasteiger partial charge >= 0.3 is 0 Å². The number of benzene rings is 2. The third-order valence-corrected chi connectivity index (χ3v) is 11.7. The van der Waals surface area contributed by atoms with Crippen molar-refractivity contribution in [2.75, 3.05) is 26.7 Å². The number of piperazine rings is 1. The van der Waals surface area contributed by atoms with Gasteiger partial charge in [0.1, 0.15) is 16.5 Å². The zero-order valence-corrected chi connectivity index (χ0v) is 29.5. The molecule has 0 radical (unpaired) electrons. The van der Waals surface area contributed by atoms with E-state index in [2.05, 4.69) is 70.5 Å². The van der Waals surface area contributed by atoms with Crippen molar-refractivity contribution < 1.29 is 9.59 Å². The van der Waals surface area contributed by atoms with Crippen molar-refractivity contribution in [3.05, 3.63) is 80.3 Å². The Labute approximate surface area is 281 Å². The topological polar surface area (TPSA) is 59.5 Å². The van der Waals surface area contributed by atoms with Crippen LogP contribution < -0.4 is 0 Å². The molecule has 2 fully saturated rings. The molecule has 240 valence electrons. The molecule has 0 saturated carbocycles. The maximum atomic E-state index is 14.7. The number of amidine groups is 1. The van der Waals surface area contributed by atoms with Crippen molar-refractivity contribution >= 4 is 51.9 Å². The quantitative estimate of drug-likeness (QED) is 0.338. The first kappa shape index (κ1) is 32.4. The first-order valence-corrected chi connectivity index (χ1v) is 17.5. The van der Waals surface area contributed by atoms with Crippen LogP contribution in [-0.4, -0.2) is 80.9 Å². The normalized spacial score (nSPS) is 28.3. The average molecular weight is 669 g/mol. The molecular formula is C35H43Cl2N5O2S. The Balaban J connectivity index is 1.38. The lowest BCUT2D eigenvalue weighted by molar-refractivity contribution is -0.146. The summed E-state index contributed by atoms with van der Waals surface area (Å²) >= 11 is 14.1. The molecule has 4 aliphatic rings. The van der Waals surface area contributed by atoms with E-state index in [9.17, 15) is 9.59 Å². The van der Waals surface area contributed by atoms with Gasteiger partial charge in [-0.15, -0.1) is 0 Å². The fourth-order valence-electron chi connectivity index (χ4n) is 7.39. The fourth-order valence-corrected chi connectivity index (χ4v) is 8.99. The van der Waals surface area contributed by atoms with Crippen LogP contribution in [0.15, 0.2) is 64.1 Å². The second-order valence-corrected chi connectivity index (χ2v) is 15.8. The van der Waals surface area contributed by atoms with Gasteiger partial charge in [0.15, 0.2) is 5.17 Å². The third kappa shape index (κ3) is 5.60. The number of rotatable bonds is 5. The van der Waals surface area contributed by atoms with Gasteiger partial charge in [-0.2, -0.15) is 0 Å². The van der Waals surface area contributed by atoms with E-state index < -0.39 is 11.6 Å². The maximum Gasteiger partial charge on any atom is 0.263 e. The Morgan fingerprint density at radius 2 is 1.58 bits per heavy atom. The largest absolute Gasteiger partial charge is 0.338 e. The highest BCUT2D eigenvalue weighted by atomic mass is 35.5. The molecular weight excluding hydrogens is 625 g/mol. The summed E-state index contributed by atoms with van der Waals surface area (Å²) in [4.78, 5) is 43.2. The van der Waals surface area contributed by atoms with E-state index >= 15 is 0 Å². The van der Waals surface area contributed by atoms with Crippen molar-refractivity contribution in [3.8, 4) is 0 Å². The molecule has 2 aromatic carbocycles. The number of allylic oxidation sites excluding steroid dienone is 1. The van der Waals surface area contributed by atoms with Gasteiger partial charge in [0.05, 0.1) is 6.04 Å². The van der Waals surface area contributed by atoms with E-state index in [1.54, 1.807) is 0 Å². The number of nitrogens with zero attached hydrogens (tertiary/aromatic N) is 5. The number of carbonyl (C=O) groups excluding carboxylic acids is 2. The zero-order valence-electron chi connectivity index (χ0n) is 27.2. The molecule has 6 rings (SSSR count). The molecule has 2 amide bonds. The van der Waals surface area contributed by atoms with Crippen molar-refractivity contribution in [2.24, 2.45) is 10.9 Å². The lowest BCUT2D eigenvalue weighted by Gasteiger charge is -2.46. The Morgan fingerprint density at radius 1 is 0.956 bits per heavy atom. The molecule has 0 aromatic heterocycles. The van der Waals surface area contributed by atoms with Gasteiger partial charge in [-0.05, 0) is 101 Å². The van der Waals surface area contributed by atoms with E-state index in [1.165, 1.54) is 11.8 Å². The number of amides is 2. The Hall–Kier alpha value is -2.52. The van der Waals surface area contributed by atoms with Crippen LogP contribution in [0.1, 0.15) is 71.6 Å². The van der Waals surface area contributed by atoms with Crippen LogP contribution in [0.2, 0.25) is 10.0 Å². The number of likely N-dealkylation sites (N-methyl/N-ethyl adjacent to an activating group) is 1. The number of halogens is 2. The average Bonchev–Trinajstić information content (AvgIpc) is 3.64. The predicted molar refractivity (Wildman–Crippen MR) is 184 cm³/mol. The minimum absolute atomic E-state index is 0.0304. The summed E-state index contributed by atoms with van der Waals surface area (Å²) in [6, 6.07) is 15.1. The number of hydrogen-bond acceptors (Lipinski definition) is 6. The molecule has 4 heterocycles. The highest BCUT2D eigenvalue weighted by Gasteiger charge is 2.54. The molecule has 0 N–H and O–H groups in total. The molecule has 0 aliphatic carbocycles. The third-order valence-electron chi connectivity index (χ3n) is 10.2. The Bertz CT molecular complexity index is 1560. The molecule has 7 nitrogen and oxygen atoms in total. The number of thioether (sulfide) groups is 1. The summed E-state index contributed by atoms with van der Waals surface area (Å²) in [6.45, 7) is 15.0. The highest BCUT2D eigenvalue weighted by Crippen LogP contribution is 2.56. The van der Waals surface area contributed by atoms with Gasteiger partial charge in [-0.1, -0.05) is 61.3 Å². The molecule has 0 bridgehead atoms. The molecule has 0 spiro atoms. The smallest absolute Gasteiger partial charge is 0.263 e. The first-order valence-electron chi connectivity index (χ1n) is 15.9. The Kier molecular flexibility index (Phi) is 8.60. The van der Waals surface area contributed by atoms with Crippen molar-refractivity contribution in [1.82, 2.24) is 19.6 Å². The summed E-state index contributed by atoms with van der Waals surface area (Å²) in [5.41, 5.74) is 2.30. The van der Waals surface area contributed by atoms with Crippen LogP contribution >= 0.6 is 35.0 Å². The lowest BCUT2D eigenvalue weighted by atomic mass is 9.81. The number of aliphatic imine (C=N–C) groups is 1. The van der Waals surface area contributed by atoms with Crippen LogP contribution in [0.4, 0.5) is 0 Å². The summed E-state index contributed by atoms with van der Waals surface area (Å²) < 4.78 is 0. The molecule has 2 aromatic rings. The second-order valence-electron chi connectivity index (χ2n) is 14.0. The summed E-state index contributed by atoms with van der Waals surface area (Å²) in [6.07, 6.45) is 1.49. The van der Waals surface area contributed by atoms with Crippen LogP contribution in [0, 0.1) is 5.92 Å². The Morgan fingerprint density at radius 3 is 2.18 bits per heavy atom. The van der Waals surface area contributed by atoms with Crippen LogP contribution in [0.3, 0.4) is 0 Å². The summed E-state index contributed by atoms with van der Waals surface area (Å²) in [5.74, 6) is 0.0355. The van der Waals surface area contributed by atoms with E-state index in [4.69, 9.17) is 28.2 Å². The van der Waals surface area contributed by atoms with Gasteiger partial charge < -0.3 is 14.7 Å². The molecule has 2 saturated heterocycles. The molecule has 4 aliphatic heterocycles. The lowest BCUT2D eigenvalue weighted by Crippen LogP contribution is -2.61. The SMILES string of the molecule is CC(C)C1=C(C(=O)N2[C@H](C)CC[C@H]2C(=O)N2CCN(C)C(C)(C)C2)SC2=N[C@@](C)(c3ccc(Cl)cc3)[C@@H](c3ccc(Cl)cc3)N21. The zero-order chi connectivity index (χ0) is 32.4. The van der Waals surface area contributed by atoms with Crippen LogP contribution in [0.5, 0.6) is 0 Å². The van der Waals surface area contributed by atoms with Gasteiger partial charge in [-0.25, -0.2) is 4.99 Å². The molecule has 0 unspecified atom stereocenters. The van der Waals surface area contributed by atoms with Crippen molar-refractivity contribution in [1.29, 1.82) is 0 Å². The van der Waals surface area contributed by atoms with Gasteiger partial charge in [0.25, 0.3) is 5.91 Å². The van der Waals surface area contributed by atoms with E-state index in [1.807, 2.05) is 46.2 Å². The summed E-state index contributed by atoms with van der Waals surface area (Å²) in [7, 11) is 2.11. The standard InChI is InChI=1S/C35H43Cl2N5O2S/c1-21(2)28-29(32(44)41-22(3)8-17-27(41)31(43)40-19-18-39(7)34(4,5)20-40)45-33-38-35(6,24-11-15-26(37)16-12-24)30(42(28)33)23-9-13-25(36)14-10-23/h9-16,21-22,27,30H,8,17-20H2,1-7H3/t22-,27+,30-,35+/m1/s1. The van der Waals surface area contributed by atoms with E-state index in [-0.39, 0.29) is 35.4 Å². The van der Waals surface area contributed by atoms with E-state index in [0.29, 0.717) is 34.5 Å². The van der Waals surface area contributed by atoms with Gasteiger partial charge in [0, 0.05) is 47.0 Å². The van der Waals surface area contributed by atoms with Crippen molar-refractivity contribution in [3.63, 3.8) is 0 Å². The minimum Gasteiger partial charge on any atom is -0.338 e. The van der Waals surface area contributed by atoms with Crippen LogP contribution in [-0.2, 0) is 15.1 Å². The van der Waals surface area contributed by atoms with E-state index in [0.717, 1.165) is 35.0 Å². The first-order chi connectivity index (χ1) is 21.2. The van der Waals surface area contributed by atoms with Gasteiger partial charge in [-0.3, -0.25) is 14.5 Å². The molecule has 10 heteroatoms. The monoisotopic (exact) mass is 667 g/mol. The second kappa shape index (κ2) is 11.9. The van der Waals surface area contributed by atoms with Crippen LogP contribution in [0.25, 0.3) is 0 Å². The number of likely N-dealkylation sites (tertiary alicyclic amines) is 1. The maximum absolute atomic E-state index is 14.7. The molecule has 4 atom stereocenters. The fraction of sp³-hybridized carbons (Fsp3) is 0.514. The predicted octanol–water partition coefficient (Wildman–Crippen LogP) is 7.17. The highest BCUT2D eigenvalue weighted by molar-refractivity contribution is 8.18. The summed E-state index contributed by atoms with van der Waals surface area (Å²) in [5, 5.41) is 2.14.